The maximum atomic E-state index is 5.74. The van der Waals surface area contributed by atoms with Gasteiger partial charge in [-0.15, -0.1) is 0 Å². The number of hydrogen-bond acceptors (Lipinski definition) is 1. The van der Waals surface area contributed by atoms with Crippen LogP contribution in [0.1, 0.15) is 27.2 Å². The second-order valence-electron chi connectivity index (χ2n) is 3.59. The second kappa shape index (κ2) is 7.30. The number of rotatable bonds is 5. The summed E-state index contributed by atoms with van der Waals surface area (Å²) in [5, 5.41) is 0. The molecule has 0 bridgehead atoms. The van der Waals surface area contributed by atoms with Crippen LogP contribution >= 0.6 is 45.2 Å². The molecule has 1 unspecified atom stereocenters. The summed E-state index contributed by atoms with van der Waals surface area (Å²) < 4.78 is 9.68. The Kier molecular flexibility index (Phi) is 7.85. The Morgan fingerprint density at radius 3 is 2.46 bits per heavy atom. The van der Waals surface area contributed by atoms with Crippen LogP contribution in [0.4, 0.5) is 0 Å². The molecule has 1 atom stereocenters. The van der Waals surface area contributed by atoms with Crippen molar-refractivity contribution in [3.8, 4) is 9.85 Å². The summed E-state index contributed by atoms with van der Waals surface area (Å²) in [7, 11) is 0. The molecule has 76 valence electrons. The highest BCUT2D eigenvalue weighted by Crippen LogP contribution is 2.20. The van der Waals surface area contributed by atoms with Crippen LogP contribution in [0.25, 0.3) is 0 Å². The van der Waals surface area contributed by atoms with E-state index in [9.17, 15) is 0 Å². The van der Waals surface area contributed by atoms with Gasteiger partial charge in [0.2, 0.25) is 0 Å². The lowest BCUT2D eigenvalue weighted by Crippen LogP contribution is -2.29. The van der Waals surface area contributed by atoms with Crippen LogP contribution in [0.15, 0.2) is 0 Å². The van der Waals surface area contributed by atoms with E-state index in [2.05, 4.69) is 75.8 Å². The van der Waals surface area contributed by atoms with Crippen LogP contribution in [-0.4, -0.2) is 16.6 Å². The first-order valence-electron chi connectivity index (χ1n) is 4.37. The molecule has 0 aromatic heterocycles. The van der Waals surface area contributed by atoms with E-state index in [0.717, 1.165) is 17.5 Å². The molecule has 1 nitrogen and oxygen atoms in total. The fraction of sp³-hybridized carbons (Fsp3) is 0.800. The van der Waals surface area contributed by atoms with E-state index in [0.29, 0.717) is 5.92 Å². The van der Waals surface area contributed by atoms with Crippen molar-refractivity contribution in [1.29, 1.82) is 0 Å². The Hall–Kier alpha value is 0.980. The zero-order valence-electron chi connectivity index (χ0n) is 8.36. The van der Waals surface area contributed by atoms with Gasteiger partial charge in [0, 0.05) is 27.0 Å². The Labute approximate surface area is 109 Å². The fourth-order valence-corrected chi connectivity index (χ4v) is 2.08. The quantitative estimate of drug-likeness (QED) is 0.385. The lowest BCUT2D eigenvalue weighted by atomic mass is 9.95. The molecule has 0 fully saturated rings. The van der Waals surface area contributed by atoms with E-state index < -0.39 is 0 Å². The predicted octanol–water partition coefficient (Wildman–Crippen LogP) is 3.64. The highest BCUT2D eigenvalue weighted by Gasteiger charge is 2.23. The van der Waals surface area contributed by atoms with Gasteiger partial charge < -0.3 is 4.74 Å². The summed E-state index contributed by atoms with van der Waals surface area (Å²) in [6.45, 7) is 7.25. The summed E-state index contributed by atoms with van der Waals surface area (Å²) in [5.41, 5.74) is -0.249. The monoisotopic (exact) mass is 406 g/mol. The molecule has 0 heterocycles. The van der Waals surface area contributed by atoms with Crippen molar-refractivity contribution in [2.75, 3.05) is 11.0 Å². The van der Waals surface area contributed by atoms with Gasteiger partial charge in [-0.25, -0.2) is 0 Å². The smallest absolute Gasteiger partial charge is 0.126 e. The predicted molar refractivity (Wildman–Crippen MR) is 74.5 cm³/mol. The van der Waals surface area contributed by atoms with Gasteiger partial charge in [0.15, 0.2) is 0 Å². The maximum absolute atomic E-state index is 5.74. The van der Waals surface area contributed by atoms with Gasteiger partial charge in [-0.1, -0.05) is 42.4 Å². The molecule has 0 rings (SSSR count). The van der Waals surface area contributed by atoms with Gasteiger partial charge in [0.1, 0.15) is 5.60 Å². The van der Waals surface area contributed by atoms with Crippen LogP contribution < -0.4 is 0 Å². The van der Waals surface area contributed by atoms with Crippen LogP contribution in [0.3, 0.4) is 0 Å². The van der Waals surface area contributed by atoms with E-state index in [-0.39, 0.29) is 5.60 Å². The van der Waals surface area contributed by atoms with Gasteiger partial charge in [-0.2, -0.15) is 0 Å². The summed E-state index contributed by atoms with van der Waals surface area (Å²) >= 11 is 4.38. The number of ether oxygens (including phenoxy) is 1. The van der Waals surface area contributed by atoms with E-state index in [1.54, 1.807) is 0 Å². The lowest BCUT2D eigenvalue weighted by Gasteiger charge is -2.25. The first-order valence-corrected chi connectivity index (χ1v) is 6.97. The van der Waals surface area contributed by atoms with E-state index in [4.69, 9.17) is 4.74 Å². The van der Waals surface area contributed by atoms with Crippen molar-refractivity contribution in [2.24, 2.45) is 5.92 Å². The molecule has 3 heteroatoms. The maximum Gasteiger partial charge on any atom is 0.126 e. The standard InChI is InChI=1S/C10H16I2O/c1-9(2)8-10(3,4-5-11)13-7-6-12/h9H,6-8H2,1-3H3. The van der Waals surface area contributed by atoms with Gasteiger partial charge in [-0.3, -0.25) is 0 Å². The minimum Gasteiger partial charge on any atom is -0.362 e. The largest absolute Gasteiger partial charge is 0.362 e. The molecule has 0 aromatic carbocycles. The minimum atomic E-state index is -0.249. The summed E-state index contributed by atoms with van der Waals surface area (Å²) in [6, 6.07) is 0. The second-order valence-corrected chi connectivity index (χ2v) is 5.20. The molecule has 0 aliphatic heterocycles. The van der Waals surface area contributed by atoms with Crippen molar-refractivity contribution in [3.63, 3.8) is 0 Å². The fourth-order valence-electron chi connectivity index (χ4n) is 1.29. The third-order valence-corrected chi connectivity index (χ3v) is 2.32. The zero-order chi connectivity index (χ0) is 10.3. The van der Waals surface area contributed by atoms with Gasteiger partial charge in [0.05, 0.1) is 6.61 Å². The first-order chi connectivity index (χ1) is 6.04. The lowest BCUT2D eigenvalue weighted by molar-refractivity contribution is 0.00921. The third kappa shape index (κ3) is 6.97. The molecule has 0 aliphatic rings. The molecule has 0 saturated carbocycles. The summed E-state index contributed by atoms with van der Waals surface area (Å²) in [5.74, 6) is 3.76. The van der Waals surface area contributed by atoms with Gasteiger partial charge in [-0.05, 0) is 23.2 Å². The van der Waals surface area contributed by atoms with E-state index in [1.165, 1.54) is 0 Å². The Morgan fingerprint density at radius 2 is 2.08 bits per heavy atom. The van der Waals surface area contributed by atoms with Crippen LogP contribution in [-0.2, 0) is 4.74 Å². The topological polar surface area (TPSA) is 9.23 Å². The Morgan fingerprint density at radius 1 is 1.46 bits per heavy atom. The number of hydrogen-bond donors (Lipinski definition) is 0. The highest BCUT2D eigenvalue weighted by molar-refractivity contribution is 14.1. The molecule has 0 N–H and O–H groups in total. The first kappa shape index (κ1) is 14.0. The Bertz CT molecular complexity index is 193. The third-order valence-electron chi connectivity index (χ3n) is 1.61. The zero-order valence-corrected chi connectivity index (χ0v) is 12.7. The van der Waals surface area contributed by atoms with Gasteiger partial charge >= 0.3 is 0 Å². The van der Waals surface area contributed by atoms with E-state index >= 15 is 0 Å². The molecule has 0 aliphatic carbocycles. The van der Waals surface area contributed by atoms with Crippen molar-refractivity contribution in [1.82, 2.24) is 0 Å². The SMILES string of the molecule is CC(C)CC(C)(C#CI)OCCI. The van der Waals surface area contributed by atoms with Crippen LogP contribution in [0.5, 0.6) is 0 Å². The van der Waals surface area contributed by atoms with Gasteiger partial charge in [0.25, 0.3) is 0 Å². The summed E-state index contributed by atoms with van der Waals surface area (Å²) in [4.78, 5) is 0. The Balaban J connectivity index is 4.22. The molecular formula is C10H16I2O. The van der Waals surface area contributed by atoms with E-state index in [1.807, 2.05) is 0 Å². The molecule has 0 radical (unpaired) electrons. The number of halogens is 2. The molecule has 0 amide bonds. The highest BCUT2D eigenvalue weighted by atomic mass is 127. The van der Waals surface area contributed by atoms with Crippen molar-refractivity contribution in [2.45, 2.75) is 32.8 Å². The molecule has 0 spiro atoms. The van der Waals surface area contributed by atoms with Crippen molar-refractivity contribution < 1.29 is 4.74 Å². The summed E-state index contributed by atoms with van der Waals surface area (Å²) in [6.07, 6.45) is 1.000. The number of alkyl halides is 1. The minimum absolute atomic E-state index is 0.249. The average molecular weight is 406 g/mol. The normalized spacial score (nSPS) is 14.9. The van der Waals surface area contributed by atoms with Crippen LogP contribution in [0, 0.1) is 15.8 Å². The molecular weight excluding hydrogens is 390 g/mol. The molecule has 0 saturated heterocycles. The average Bonchev–Trinajstić information content (AvgIpc) is 2.00. The van der Waals surface area contributed by atoms with Crippen molar-refractivity contribution >= 4 is 45.2 Å². The molecule has 13 heavy (non-hydrogen) atoms. The molecule has 0 aromatic rings. The van der Waals surface area contributed by atoms with Crippen molar-refractivity contribution in [3.05, 3.63) is 0 Å². The van der Waals surface area contributed by atoms with Crippen LogP contribution in [0.2, 0.25) is 0 Å².